The SMILES string of the molecule is Cc1ccc(N(CC(=O)NCC2COc3ccccc3O2)S(=O)(=O)c2ccc(Cl)cc2)cc1C. The smallest absolute Gasteiger partial charge is 0.264 e. The summed E-state index contributed by atoms with van der Waals surface area (Å²) in [5.74, 6) is 0.799. The van der Waals surface area contributed by atoms with Gasteiger partial charge < -0.3 is 14.8 Å². The zero-order chi connectivity index (χ0) is 24.3. The molecule has 0 aromatic heterocycles. The van der Waals surface area contributed by atoms with Gasteiger partial charge in [-0.3, -0.25) is 9.10 Å². The molecule has 3 aromatic carbocycles. The van der Waals surface area contributed by atoms with Gasteiger partial charge in [0.05, 0.1) is 17.1 Å². The van der Waals surface area contributed by atoms with Gasteiger partial charge in [-0.05, 0) is 73.5 Å². The van der Waals surface area contributed by atoms with E-state index in [-0.39, 0.29) is 24.2 Å². The van der Waals surface area contributed by atoms with Crippen LogP contribution in [0.15, 0.2) is 71.6 Å². The number of para-hydroxylation sites is 2. The number of sulfonamides is 1. The molecule has 0 saturated carbocycles. The molecule has 1 heterocycles. The van der Waals surface area contributed by atoms with Crippen molar-refractivity contribution in [2.75, 3.05) is 24.0 Å². The van der Waals surface area contributed by atoms with E-state index in [9.17, 15) is 13.2 Å². The highest BCUT2D eigenvalue weighted by Gasteiger charge is 2.28. The lowest BCUT2D eigenvalue weighted by Gasteiger charge is -2.28. The van der Waals surface area contributed by atoms with Gasteiger partial charge in [0.2, 0.25) is 5.91 Å². The van der Waals surface area contributed by atoms with Gasteiger partial charge in [-0.15, -0.1) is 0 Å². The normalized spacial score (nSPS) is 15.0. The molecule has 1 amide bonds. The number of rotatable bonds is 7. The second kappa shape index (κ2) is 9.95. The van der Waals surface area contributed by atoms with Crippen molar-refractivity contribution >= 4 is 33.2 Å². The predicted octanol–water partition coefficient (Wildman–Crippen LogP) is 4.11. The lowest BCUT2D eigenvalue weighted by atomic mass is 10.1. The third-order valence-electron chi connectivity index (χ3n) is 5.56. The minimum Gasteiger partial charge on any atom is -0.486 e. The van der Waals surface area contributed by atoms with Gasteiger partial charge in [-0.2, -0.15) is 0 Å². The topological polar surface area (TPSA) is 84.9 Å². The molecule has 0 radical (unpaired) electrons. The Balaban J connectivity index is 1.52. The summed E-state index contributed by atoms with van der Waals surface area (Å²) in [5.41, 5.74) is 2.34. The van der Waals surface area contributed by atoms with E-state index in [1.54, 1.807) is 18.2 Å². The summed E-state index contributed by atoms with van der Waals surface area (Å²) in [6.45, 7) is 3.90. The fraction of sp³-hybridized carbons (Fsp3) is 0.240. The van der Waals surface area contributed by atoms with E-state index in [4.69, 9.17) is 21.1 Å². The Hall–Kier alpha value is -3.23. The standard InChI is InChI=1S/C25H25ClN2O5S/c1-17-7-10-20(13-18(17)2)28(34(30,31)22-11-8-19(26)9-12-22)15-25(29)27-14-21-16-32-23-5-3-4-6-24(23)33-21/h3-13,21H,14-16H2,1-2H3,(H,27,29). The van der Waals surface area contributed by atoms with Crippen LogP contribution in [0.2, 0.25) is 5.02 Å². The van der Waals surface area contributed by atoms with E-state index in [1.165, 1.54) is 24.3 Å². The molecule has 0 aliphatic carbocycles. The predicted molar refractivity (Wildman–Crippen MR) is 131 cm³/mol. The summed E-state index contributed by atoms with van der Waals surface area (Å²) in [6, 6.07) is 18.4. The van der Waals surface area contributed by atoms with Crippen LogP contribution < -0.4 is 19.1 Å². The number of ether oxygens (including phenoxy) is 2. The molecule has 7 nitrogen and oxygen atoms in total. The molecule has 1 aliphatic heterocycles. The third kappa shape index (κ3) is 5.29. The lowest BCUT2D eigenvalue weighted by molar-refractivity contribution is -0.120. The highest BCUT2D eigenvalue weighted by Crippen LogP contribution is 2.31. The number of amides is 1. The Morgan fingerprint density at radius 3 is 2.44 bits per heavy atom. The number of hydrogen-bond acceptors (Lipinski definition) is 5. The van der Waals surface area contributed by atoms with Crippen LogP contribution in [0.1, 0.15) is 11.1 Å². The van der Waals surface area contributed by atoms with Crippen molar-refractivity contribution in [3.05, 3.63) is 82.9 Å². The summed E-state index contributed by atoms with van der Waals surface area (Å²) in [6.07, 6.45) is -0.387. The molecule has 34 heavy (non-hydrogen) atoms. The average Bonchev–Trinajstić information content (AvgIpc) is 2.83. The van der Waals surface area contributed by atoms with E-state index in [0.717, 1.165) is 15.4 Å². The fourth-order valence-corrected chi connectivity index (χ4v) is 5.05. The molecular formula is C25H25ClN2O5S. The summed E-state index contributed by atoms with van der Waals surface area (Å²) in [4.78, 5) is 12.9. The van der Waals surface area contributed by atoms with Gasteiger partial charge >= 0.3 is 0 Å². The molecule has 1 atom stereocenters. The van der Waals surface area contributed by atoms with Crippen LogP contribution in [-0.4, -0.2) is 40.1 Å². The molecule has 9 heteroatoms. The zero-order valence-corrected chi connectivity index (χ0v) is 20.4. The maximum Gasteiger partial charge on any atom is 0.264 e. The fourth-order valence-electron chi connectivity index (χ4n) is 3.51. The van der Waals surface area contributed by atoms with Crippen LogP contribution in [0, 0.1) is 13.8 Å². The second-order valence-electron chi connectivity index (χ2n) is 8.04. The number of carbonyl (C=O) groups excluding carboxylic acids is 1. The van der Waals surface area contributed by atoms with E-state index in [1.807, 2.05) is 38.1 Å². The number of nitrogens with one attached hydrogen (secondary N) is 1. The first-order chi connectivity index (χ1) is 16.2. The van der Waals surface area contributed by atoms with E-state index < -0.39 is 22.5 Å². The number of aryl methyl sites for hydroxylation is 2. The van der Waals surface area contributed by atoms with Gasteiger partial charge in [-0.1, -0.05) is 29.8 Å². The van der Waals surface area contributed by atoms with E-state index >= 15 is 0 Å². The molecule has 178 valence electrons. The Kier molecular flexibility index (Phi) is 7.00. The summed E-state index contributed by atoms with van der Waals surface area (Å²) in [5, 5.41) is 3.19. The van der Waals surface area contributed by atoms with Crippen molar-refractivity contribution in [2.45, 2.75) is 24.8 Å². The molecule has 3 aromatic rings. The van der Waals surface area contributed by atoms with Gasteiger partial charge in [0, 0.05) is 5.02 Å². The van der Waals surface area contributed by atoms with Crippen LogP contribution in [0.3, 0.4) is 0 Å². The van der Waals surface area contributed by atoms with E-state index in [0.29, 0.717) is 22.2 Å². The summed E-state index contributed by atoms with van der Waals surface area (Å²) < 4.78 is 39.6. The molecule has 1 aliphatic rings. The van der Waals surface area contributed by atoms with Crippen molar-refractivity contribution in [3.8, 4) is 11.5 Å². The third-order valence-corrected chi connectivity index (χ3v) is 7.60. The lowest BCUT2D eigenvalue weighted by Crippen LogP contribution is -2.45. The maximum absolute atomic E-state index is 13.5. The molecule has 0 bridgehead atoms. The van der Waals surface area contributed by atoms with Crippen LogP contribution >= 0.6 is 11.6 Å². The van der Waals surface area contributed by atoms with Crippen LogP contribution in [0.5, 0.6) is 11.5 Å². The molecule has 0 saturated heterocycles. The molecule has 0 fully saturated rings. The quantitative estimate of drug-likeness (QED) is 0.527. The molecule has 1 N–H and O–H groups in total. The molecule has 1 unspecified atom stereocenters. The highest BCUT2D eigenvalue weighted by atomic mass is 35.5. The van der Waals surface area contributed by atoms with Gasteiger partial charge in [0.1, 0.15) is 19.3 Å². The first-order valence-corrected chi connectivity index (χ1v) is 12.6. The number of carbonyl (C=O) groups is 1. The number of fused-ring (bicyclic) bond motifs is 1. The minimum absolute atomic E-state index is 0.0450. The second-order valence-corrected chi connectivity index (χ2v) is 10.3. The van der Waals surface area contributed by atoms with Crippen molar-refractivity contribution in [1.29, 1.82) is 0 Å². The first kappa shape index (κ1) is 23.9. The number of nitrogens with zero attached hydrogens (tertiary/aromatic N) is 1. The molecule has 0 spiro atoms. The minimum atomic E-state index is -4.02. The molecule has 4 rings (SSSR count). The van der Waals surface area contributed by atoms with Gasteiger partial charge in [0.15, 0.2) is 11.5 Å². The number of halogens is 1. The number of benzene rings is 3. The van der Waals surface area contributed by atoms with Crippen LogP contribution in [-0.2, 0) is 14.8 Å². The van der Waals surface area contributed by atoms with Crippen LogP contribution in [0.25, 0.3) is 0 Å². The van der Waals surface area contributed by atoms with Crippen molar-refractivity contribution in [2.24, 2.45) is 0 Å². The number of hydrogen-bond donors (Lipinski definition) is 1. The summed E-state index contributed by atoms with van der Waals surface area (Å²) in [7, 11) is -4.02. The van der Waals surface area contributed by atoms with E-state index in [2.05, 4.69) is 5.32 Å². The van der Waals surface area contributed by atoms with Crippen molar-refractivity contribution in [1.82, 2.24) is 5.32 Å². The average molecular weight is 501 g/mol. The Morgan fingerprint density at radius 1 is 1.03 bits per heavy atom. The number of anilines is 1. The van der Waals surface area contributed by atoms with Gasteiger partial charge in [0.25, 0.3) is 10.0 Å². The largest absolute Gasteiger partial charge is 0.486 e. The Bertz CT molecular complexity index is 1290. The van der Waals surface area contributed by atoms with Crippen molar-refractivity contribution < 1.29 is 22.7 Å². The van der Waals surface area contributed by atoms with Gasteiger partial charge in [-0.25, -0.2) is 8.42 Å². The monoisotopic (exact) mass is 500 g/mol. The molecular weight excluding hydrogens is 476 g/mol. The maximum atomic E-state index is 13.5. The highest BCUT2D eigenvalue weighted by molar-refractivity contribution is 7.92. The Morgan fingerprint density at radius 2 is 1.74 bits per heavy atom. The summed E-state index contributed by atoms with van der Waals surface area (Å²) >= 11 is 5.93. The Labute approximate surface area is 204 Å². The van der Waals surface area contributed by atoms with Crippen molar-refractivity contribution in [3.63, 3.8) is 0 Å². The van der Waals surface area contributed by atoms with Crippen LogP contribution in [0.4, 0.5) is 5.69 Å². The first-order valence-electron chi connectivity index (χ1n) is 10.7. The zero-order valence-electron chi connectivity index (χ0n) is 18.8.